The molecule has 2 aliphatic heterocycles. The predicted molar refractivity (Wildman–Crippen MR) is 119 cm³/mol. The number of hydrogen-bond donors (Lipinski definition) is 1. The van der Waals surface area contributed by atoms with Gasteiger partial charge in [-0.15, -0.1) is 13.2 Å². The van der Waals surface area contributed by atoms with Gasteiger partial charge in [0.1, 0.15) is 0 Å². The van der Waals surface area contributed by atoms with Crippen molar-refractivity contribution in [1.29, 1.82) is 0 Å². The first kappa shape index (κ1) is 24.7. The van der Waals surface area contributed by atoms with Crippen LogP contribution in [0.15, 0.2) is 47.6 Å². The van der Waals surface area contributed by atoms with Gasteiger partial charge in [0.25, 0.3) is 0 Å². The summed E-state index contributed by atoms with van der Waals surface area (Å²) < 4.78 is 16.9. The van der Waals surface area contributed by atoms with E-state index in [-0.39, 0.29) is 30.0 Å². The number of fused-ring (bicyclic) bond motifs is 1. The fourth-order valence-electron chi connectivity index (χ4n) is 3.62. The summed E-state index contributed by atoms with van der Waals surface area (Å²) in [4.78, 5) is 11.8. The van der Waals surface area contributed by atoms with Crippen molar-refractivity contribution in [3.63, 3.8) is 0 Å². The van der Waals surface area contributed by atoms with Crippen molar-refractivity contribution in [2.24, 2.45) is 5.92 Å². The third-order valence-electron chi connectivity index (χ3n) is 5.76. The maximum Gasteiger partial charge on any atom is 0.177 e. The van der Waals surface area contributed by atoms with Crippen molar-refractivity contribution < 1.29 is 24.1 Å². The summed E-state index contributed by atoms with van der Waals surface area (Å²) in [6, 6.07) is 0. The molecule has 0 aromatic heterocycles. The molecule has 0 spiro atoms. The van der Waals surface area contributed by atoms with Gasteiger partial charge in [0, 0.05) is 12.3 Å². The number of ketones is 1. The van der Waals surface area contributed by atoms with Gasteiger partial charge < -0.3 is 19.3 Å². The van der Waals surface area contributed by atoms with Crippen LogP contribution in [0.25, 0.3) is 0 Å². The van der Waals surface area contributed by atoms with Crippen molar-refractivity contribution in [3.05, 3.63) is 47.6 Å². The highest BCUT2D eigenvalue weighted by atomic mass is 16.7. The minimum absolute atomic E-state index is 0.0582. The van der Waals surface area contributed by atoms with Crippen molar-refractivity contribution in [3.8, 4) is 0 Å². The summed E-state index contributed by atoms with van der Waals surface area (Å²) in [5.74, 6) is 0.0630. The minimum Gasteiger partial charge on any atom is -0.392 e. The van der Waals surface area contributed by atoms with Crippen LogP contribution in [0, 0.1) is 5.92 Å². The number of Topliss-reactive ketones (excluding diaryl/α,β-unsaturated/α-hetero) is 1. The van der Waals surface area contributed by atoms with Crippen LogP contribution in [0.4, 0.5) is 0 Å². The van der Waals surface area contributed by atoms with Gasteiger partial charge >= 0.3 is 0 Å². The van der Waals surface area contributed by atoms with E-state index < -0.39 is 6.29 Å². The second-order valence-electron chi connectivity index (χ2n) is 9.24. The molecule has 4 atom stereocenters. The van der Waals surface area contributed by atoms with E-state index in [1.54, 1.807) is 13.0 Å². The Bertz CT molecular complexity index is 715. The molecule has 0 aromatic rings. The lowest BCUT2D eigenvalue weighted by Crippen LogP contribution is -2.39. The van der Waals surface area contributed by atoms with E-state index in [9.17, 15) is 9.90 Å². The first-order chi connectivity index (χ1) is 14.0. The summed E-state index contributed by atoms with van der Waals surface area (Å²) in [6.07, 6.45) is 6.90. The molecule has 1 N–H and O–H groups in total. The van der Waals surface area contributed by atoms with E-state index in [1.807, 2.05) is 13.0 Å². The van der Waals surface area contributed by atoms with Crippen LogP contribution in [0.5, 0.6) is 0 Å². The van der Waals surface area contributed by atoms with Crippen LogP contribution < -0.4 is 0 Å². The fourth-order valence-corrected chi connectivity index (χ4v) is 3.62. The van der Waals surface area contributed by atoms with Crippen LogP contribution in [-0.4, -0.2) is 48.2 Å². The van der Waals surface area contributed by atoms with Gasteiger partial charge in [0.2, 0.25) is 0 Å². The highest BCUT2D eigenvalue weighted by molar-refractivity contribution is 5.96. The zero-order valence-electron chi connectivity index (χ0n) is 19.2. The molecule has 30 heavy (non-hydrogen) atoms. The van der Waals surface area contributed by atoms with Gasteiger partial charge in [-0.3, -0.25) is 4.79 Å². The lowest BCUT2D eigenvalue weighted by molar-refractivity contribution is -0.153. The lowest BCUT2D eigenvalue weighted by Gasteiger charge is -2.36. The molecule has 0 amide bonds. The van der Waals surface area contributed by atoms with Gasteiger partial charge in [-0.25, -0.2) is 0 Å². The molecule has 0 bridgehead atoms. The van der Waals surface area contributed by atoms with Crippen molar-refractivity contribution in [1.82, 2.24) is 0 Å². The molecule has 4 unspecified atom stereocenters. The summed E-state index contributed by atoms with van der Waals surface area (Å²) in [7, 11) is 0. The van der Waals surface area contributed by atoms with Gasteiger partial charge in [-0.05, 0) is 77.2 Å². The van der Waals surface area contributed by atoms with Crippen molar-refractivity contribution in [2.45, 2.75) is 84.4 Å². The molecule has 1 saturated heterocycles. The molecule has 3 rings (SSSR count). The second-order valence-corrected chi connectivity index (χ2v) is 9.24. The maximum absolute atomic E-state index is 11.8. The van der Waals surface area contributed by atoms with Crippen molar-refractivity contribution >= 4 is 5.78 Å². The fraction of sp³-hybridized carbons (Fsp3) is 0.640. The molecule has 5 nitrogen and oxygen atoms in total. The molecule has 3 aliphatic rings. The van der Waals surface area contributed by atoms with Crippen LogP contribution >= 0.6 is 0 Å². The quantitative estimate of drug-likeness (QED) is 0.458. The average Bonchev–Trinajstić information content (AvgIpc) is 3.27. The molecule has 1 aliphatic carbocycles. The first-order valence-corrected chi connectivity index (χ1v) is 10.8. The second kappa shape index (κ2) is 10.7. The number of hydrogen-bond acceptors (Lipinski definition) is 5. The van der Waals surface area contributed by atoms with Gasteiger partial charge in [0.15, 0.2) is 12.1 Å². The predicted octanol–water partition coefficient (Wildman–Crippen LogP) is 4.67. The molecule has 0 saturated carbocycles. The number of epoxide rings is 1. The molecule has 2 heterocycles. The van der Waals surface area contributed by atoms with Crippen LogP contribution in [-0.2, 0) is 19.0 Å². The van der Waals surface area contributed by atoms with E-state index in [0.717, 1.165) is 36.0 Å². The van der Waals surface area contributed by atoms with Gasteiger partial charge in [-0.1, -0.05) is 11.1 Å². The Morgan fingerprint density at radius 1 is 1.23 bits per heavy atom. The summed E-state index contributed by atoms with van der Waals surface area (Å²) >= 11 is 0. The average molecular weight is 419 g/mol. The summed E-state index contributed by atoms with van der Waals surface area (Å²) in [5.41, 5.74) is 4.04. The maximum atomic E-state index is 11.8. The first-order valence-electron chi connectivity index (χ1n) is 10.8. The zero-order chi connectivity index (χ0) is 22.5. The Hall–Kier alpha value is -1.53. The highest BCUT2D eigenvalue weighted by Gasteiger charge is 2.46. The summed E-state index contributed by atoms with van der Waals surface area (Å²) in [5, 5.41) is 9.49. The third-order valence-corrected chi connectivity index (χ3v) is 5.76. The molecule has 0 radical (unpaired) electrons. The van der Waals surface area contributed by atoms with E-state index in [1.165, 1.54) is 5.57 Å². The van der Waals surface area contributed by atoms with Crippen LogP contribution in [0.1, 0.15) is 60.3 Å². The Balaban J connectivity index is 0.000000269. The van der Waals surface area contributed by atoms with E-state index in [4.69, 9.17) is 14.2 Å². The number of aliphatic hydroxyl groups is 1. The SMILES string of the molecule is C=C(C)CCC1OC1(C)C.C=C(C)CCOC1C=C(CO)C2CC(=O)C(C)=CC2O1. The van der Waals surface area contributed by atoms with Crippen LogP contribution in [0.3, 0.4) is 0 Å². The highest BCUT2D eigenvalue weighted by Crippen LogP contribution is 2.38. The number of carbonyl (C=O) groups is 1. The standard InChI is InChI=1S/C16H22O4.C9H16O/c1-10(2)4-5-19-16-7-12(9-17)13-8-14(18)11(3)6-15(13)20-16;1-7(2)5-6-8-9(3,4)10-8/h6-7,13,15-17H,1,4-5,8-9H2,2-3H3;8H,1,5-6H2,2-4H3. The number of allylic oxidation sites excluding steroid dienone is 2. The normalized spacial score (nSPS) is 29.1. The Morgan fingerprint density at radius 2 is 1.87 bits per heavy atom. The van der Waals surface area contributed by atoms with E-state index in [2.05, 4.69) is 33.9 Å². The largest absolute Gasteiger partial charge is 0.392 e. The molecular formula is C25H38O5. The lowest BCUT2D eigenvalue weighted by atomic mass is 9.80. The Labute approximate surface area is 181 Å². The molecule has 1 fully saturated rings. The number of aliphatic hydroxyl groups excluding tert-OH is 1. The molecular weight excluding hydrogens is 380 g/mol. The van der Waals surface area contributed by atoms with E-state index >= 15 is 0 Å². The van der Waals surface area contributed by atoms with Gasteiger partial charge in [-0.2, -0.15) is 0 Å². The number of rotatable bonds is 8. The zero-order valence-corrected chi connectivity index (χ0v) is 19.2. The topological polar surface area (TPSA) is 68.3 Å². The third kappa shape index (κ3) is 7.31. The number of carbonyl (C=O) groups excluding carboxylic acids is 1. The van der Waals surface area contributed by atoms with Crippen LogP contribution in [0.2, 0.25) is 0 Å². The Kier molecular flexibility index (Phi) is 8.80. The monoisotopic (exact) mass is 418 g/mol. The summed E-state index contributed by atoms with van der Waals surface area (Å²) in [6.45, 7) is 18.2. The molecule has 5 heteroatoms. The minimum atomic E-state index is -0.463. The smallest absolute Gasteiger partial charge is 0.177 e. The molecule has 168 valence electrons. The number of ether oxygens (including phenoxy) is 3. The molecule has 0 aromatic carbocycles. The Morgan fingerprint density at radius 3 is 2.40 bits per heavy atom. The van der Waals surface area contributed by atoms with Crippen molar-refractivity contribution in [2.75, 3.05) is 13.2 Å². The van der Waals surface area contributed by atoms with Gasteiger partial charge in [0.05, 0.1) is 31.0 Å². The van der Waals surface area contributed by atoms with E-state index in [0.29, 0.717) is 19.1 Å².